The molecule has 7 heteroatoms. The van der Waals surface area contributed by atoms with Crippen LogP contribution in [0.5, 0.6) is 0 Å². The van der Waals surface area contributed by atoms with Crippen LogP contribution in [-0.2, 0) is 11.2 Å². The fraction of sp³-hybridized carbons (Fsp3) is 0.375. The van der Waals surface area contributed by atoms with E-state index in [2.05, 4.69) is 22.4 Å². The number of thioether (sulfide) groups is 1. The molecule has 1 aromatic carbocycles. The second-order valence-corrected chi connectivity index (χ2v) is 6.78. The summed E-state index contributed by atoms with van der Waals surface area (Å²) in [5, 5.41) is 5.94. The molecule has 0 radical (unpaired) electrons. The van der Waals surface area contributed by atoms with Gasteiger partial charge >= 0.3 is 0 Å². The number of hydrogen-bond donors (Lipinski definition) is 2. The lowest BCUT2D eigenvalue weighted by Crippen LogP contribution is -2.41. The molecule has 0 unspecified atom stereocenters. The molecule has 0 spiro atoms. The first-order valence-corrected chi connectivity index (χ1v) is 9.50. The van der Waals surface area contributed by atoms with Crippen LogP contribution in [0, 0.1) is 0 Å². The molecule has 0 aliphatic rings. The predicted octanol–water partition coefficient (Wildman–Crippen LogP) is 2.97. The van der Waals surface area contributed by atoms with Crippen LogP contribution in [0.4, 0.5) is 0 Å². The standard InChI is InChI=1S/C16H21N3OS2.ClH/c1-21-10-8-14(17)15(20)18-9-7-13-11-22-16(19-13)12-5-3-2-4-6-12;/h2-6,11,14H,7-10,17H2,1H3,(H,18,20);1H/t14-;/m0./s1. The van der Waals surface area contributed by atoms with Crippen molar-refractivity contribution in [2.45, 2.75) is 18.9 Å². The highest BCUT2D eigenvalue weighted by molar-refractivity contribution is 7.98. The van der Waals surface area contributed by atoms with Crippen molar-refractivity contribution < 1.29 is 4.79 Å². The van der Waals surface area contributed by atoms with E-state index >= 15 is 0 Å². The molecule has 4 nitrogen and oxygen atoms in total. The van der Waals surface area contributed by atoms with E-state index in [1.807, 2.05) is 29.8 Å². The van der Waals surface area contributed by atoms with E-state index in [-0.39, 0.29) is 18.3 Å². The van der Waals surface area contributed by atoms with Crippen molar-refractivity contribution in [3.8, 4) is 10.6 Å². The molecule has 1 atom stereocenters. The summed E-state index contributed by atoms with van der Waals surface area (Å²) in [6.45, 7) is 0.573. The highest BCUT2D eigenvalue weighted by atomic mass is 35.5. The summed E-state index contributed by atoms with van der Waals surface area (Å²) < 4.78 is 0. The number of nitrogens with zero attached hydrogens (tertiary/aromatic N) is 1. The molecule has 2 rings (SSSR count). The van der Waals surface area contributed by atoms with Crippen LogP contribution in [0.2, 0.25) is 0 Å². The summed E-state index contributed by atoms with van der Waals surface area (Å²) in [6, 6.07) is 9.69. The molecule has 0 fully saturated rings. The van der Waals surface area contributed by atoms with Gasteiger partial charge in [-0.3, -0.25) is 4.79 Å². The third kappa shape index (κ3) is 6.51. The Hall–Kier alpha value is -1.08. The summed E-state index contributed by atoms with van der Waals surface area (Å²) in [5.74, 6) is 0.828. The Kier molecular flexibility index (Phi) is 9.24. The molecule has 2 aromatic rings. The molecule has 0 aliphatic carbocycles. The number of rotatable bonds is 8. The summed E-state index contributed by atoms with van der Waals surface area (Å²) in [4.78, 5) is 16.4. The number of carbonyl (C=O) groups excluding carboxylic acids is 1. The number of benzene rings is 1. The first kappa shape index (κ1) is 20.0. The molecule has 0 aliphatic heterocycles. The summed E-state index contributed by atoms with van der Waals surface area (Å²) in [6.07, 6.45) is 3.45. The maximum absolute atomic E-state index is 11.8. The van der Waals surface area contributed by atoms with Crippen LogP contribution in [0.15, 0.2) is 35.7 Å². The first-order valence-electron chi connectivity index (χ1n) is 7.22. The van der Waals surface area contributed by atoms with E-state index < -0.39 is 6.04 Å². The number of amides is 1. The Balaban J connectivity index is 0.00000264. The molecule has 1 heterocycles. The Morgan fingerprint density at radius 1 is 1.39 bits per heavy atom. The van der Waals surface area contributed by atoms with Gasteiger partial charge in [-0.1, -0.05) is 30.3 Å². The molecule has 23 heavy (non-hydrogen) atoms. The van der Waals surface area contributed by atoms with Crippen molar-refractivity contribution in [3.05, 3.63) is 41.4 Å². The van der Waals surface area contributed by atoms with Crippen LogP contribution < -0.4 is 11.1 Å². The topological polar surface area (TPSA) is 68.0 Å². The molecular formula is C16H22ClN3OS2. The highest BCUT2D eigenvalue weighted by Gasteiger charge is 2.12. The van der Waals surface area contributed by atoms with Gasteiger partial charge in [0.25, 0.3) is 0 Å². The summed E-state index contributed by atoms with van der Waals surface area (Å²) in [5.41, 5.74) is 7.95. The third-order valence-corrected chi connectivity index (χ3v) is 4.81. The molecular weight excluding hydrogens is 350 g/mol. The average molecular weight is 372 g/mol. The van der Waals surface area contributed by atoms with E-state index in [1.165, 1.54) is 0 Å². The van der Waals surface area contributed by atoms with Crippen molar-refractivity contribution >= 4 is 41.4 Å². The van der Waals surface area contributed by atoms with Crippen LogP contribution in [-0.4, -0.2) is 35.5 Å². The van der Waals surface area contributed by atoms with Crippen molar-refractivity contribution in [3.63, 3.8) is 0 Å². The van der Waals surface area contributed by atoms with Crippen molar-refractivity contribution in [1.29, 1.82) is 0 Å². The Bertz CT molecular complexity index is 592. The molecule has 126 valence electrons. The average Bonchev–Trinajstić information content (AvgIpc) is 3.02. The van der Waals surface area contributed by atoms with Crippen molar-refractivity contribution in [1.82, 2.24) is 10.3 Å². The minimum Gasteiger partial charge on any atom is -0.354 e. The maximum atomic E-state index is 11.8. The predicted molar refractivity (Wildman–Crippen MR) is 102 cm³/mol. The Morgan fingerprint density at radius 3 is 2.83 bits per heavy atom. The monoisotopic (exact) mass is 371 g/mol. The largest absolute Gasteiger partial charge is 0.354 e. The third-order valence-electron chi connectivity index (χ3n) is 3.22. The lowest BCUT2D eigenvalue weighted by Gasteiger charge is -2.10. The van der Waals surface area contributed by atoms with Crippen molar-refractivity contribution in [2.75, 3.05) is 18.6 Å². The molecule has 1 aromatic heterocycles. The molecule has 1 amide bonds. The van der Waals surface area contributed by atoms with Gasteiger partial charge in [-0.2, -0.15) is 11.8 Å². The van der Waals surface area contributed by atoms with Gasteiger partial charge in [-0.05, 0) is 18.4 Å². The zero-order valence-electron chi connectivity index (χ0n) is 13.0. The van der Waals surface area contributed by atoms with E-state index in [0.29, 0.717) is 13.0 Å². The fourth-order valence-electron chi connectivity index (χ4n) is 1.96. The number of hydrogen-bond acceptors (Lipinski definition) is 5. The van der Waals surface area contributed by atoms with E-state index in [4.69, 9.17) is 5.73 Å². The number of aromatic nitrogens is 1. The second kappa shape index (κ2) is 10.6. The van der Waals surface area contributed by atoms with Gasteiger partial charge in [0.05, 0.1) is 11.7 Å². The second-order valence-electron chi connectivity index (χ2n) is 4.94. The Morgan fingerprint density at radius 2 is 2.13 bits per heavy atom. The van der Waals surface area contributed by atoms with E-state index in [1.54, 1.807) is 23.1 Å². The van der Waals surface area contributed by atoms with Gasteiger partial charge < -0.3 is 11.1 Å². The fourth-order valence-corrected chi connectivity index (χ4v) is 3.31. The first-order chi connectivity index (χ1) is 10.7. The van der Waals surface area contributed by atoms with Gasteiger partial charge in [0, 0.05) is 23.9 Å². The van der Waals surface area contributed by atoms with Gasteiger partial charge in [0.1, 0.15) is 5.01 Å². The van der Waals surface area contributed by atoms with Crippen LogP contribution in [0.1, 0.15) is 12.1 Å². The zero-order valence-corrected chi connectivity index (χ0v) is 15.5. The summed E-state index contributed by atoms with van der Waals surface area (Å²) in [7, 11) is 0. The number of nitrogens with one attached hydrogen (secondary N) is 1. The van der Waals surface area contributed by atoms with Gasteiger partial charge in [-0.15, -0.1) is 23.7 Å². The van der Waals surface area contributed by atoms with Gasteiger partial charge in [0.2, 0.25) is 5.91 Å². The Labute approximate surface area is 151 Å². The van der Waals surface area contributed by atoms with Crippen LogP contribution in [0.25, 0.3) is 10.6 Å². The quantitative estimate of drug-likeness (QED) is 0.748. The lowest BCUT2D eigenvalue weighted by atomic mass is 10.2. The van der Waals surface area contributed by atoms with Gasteiger partial charge in [-0.25, -0.2) is 4.98 Å². The lowest BCUT2D eigenvalue weighted by molar-refractivity contribution is -0.122. The number of thiazole rings is 1. The maximum Gasteiger partial charge on any atom is 0.236 e. The number of carbonyl (C=O) groups is 1. The summed E-state index contributed by atoms with van der Waals surface area (Å²) >= 11 is 3.33. The molecule has 0 bridgehead atoms. The molecule has 0 saturated carbocycles. The van der Waals surface area contributed by atoms with E-state index in [0.717, 1.165) is 28.4 Å². The molecule has 0 saturated heterocycles. The number of nitrogens with two attached hydrogens (primary N) is 1. The normalized spacial score (nSPS) is 11.6. The zero-order chi connectivity index (χ0) is 15.8. The number of halogens is 1. The van der Waals surface area contributed by atoms with Crippen LogP contribution in [0.3, 0.4) is 0 Å². The SMILES string of the molecule is CSCC[C@H](N)C(=O)NCCc1csc(-c2ccccc2)n1.Cl. The minimum absolute atomic E-state index is 0. The van der Waals surface area contributed by atoms with Gasteiger partial charge in [0.15, 0.2) is 0 Å². The van der Waals surface area contributed by atoms with Crippen LogP contribution >= 0.6 is 35.5 Å². The van der Waals surface area contributed by atoms with Crippen molar-refractivity contribution in [2.24, 2.45) is 5.73 Å². The van der Waals surface area contributed by atoms with E-state index in [9.17, 15) is 4.79 Å². The smallest absolute Gasteiger partial charge is 0.236 e. The molecule has 3 N–H and O–H groups in total. The highest BCUT2D eigenvalue weighted by Crippen LogP contribution is 2.23. The minimum atomic E-state index is -0.414.